The van der Waals surface area contributed by atoms with E-state index in [1.807, 2.05) is 19.9 Å². The van der Waals surface area contributed by atoms with Gasteiger partial charge in [0.1, 0.15) is 18.8 Å². The zero-order valence-corrected chi connectivity index (χ0v) is 18.3. The molecule has 164 valence electrons. The van der Waals surface area contributed by atoms with E-state index in [0.29, 0.717) is 35.8 Å². The first-order valence-corrected chi connectivity index (χ1v) is 10.5. The van der Waals surface area contributed by atoms with Crippen LogP contribution in [-0.2, 0) is 16.9 Å². The molecule has 0 spiro atoms. The van der Waals surface area contributed by atoms with E-state index in [1.54, 1.807) is 25.1 Å². The summed E-state index contributed by atoms with van der Waals surface area (Å²) in [5.41, 5.74) is 1.67. The summed E-state index contributed by atoms with van der Waals surface area (Å²) in [6.07, 6.45) is 0.949. The molecule has 0 saturated carbocycles. The largest absolute Gasteiger partial charge is 0.486 e. The molecule has 0 bridgehead atoms. The standard InChI is InChI=1S/C23H27N3O5/c1-5-8-25-14(2)11-17(15(25)3)18(27)13-26-21(28)23(4,24-22(26)29)16-6-7-19-20(12-16)31-10-9-30-19/h6-7,11-12H,5,8-10,13H2,1-4H3,(H,24,29)/t23-/m0/s1. The Morgan fingerprint density at radius 3 is 2.55 bits per heavy atom. The number of Topliss-reactive ketones (excluding diaryl/α,β-unsaturated/α-hetero) is 1. The van der Waals surface area contributed by atoms with E-state index in [9.17, 15) is 14.4 Å². The van der Waals surface area contributed by atoms with Crippen molar-refractivity contribution in [1.29, 1.82) is 0 Å². The van der Waals surface area contributed by atoms with Crippen LogP contribution in [0.4, 0.5) is 4.79 Å². The van der Waals surface area contributed by atoms with Crippen LogP contribution in [-0.4, -0.2) is 46.9 Å². The van der Waals surface area contributed by atoms with Crippen molar-refractivity contribution in [2.45, 2.75) is 46.2 Å². The summed E-state index contributed by atoms with van der Waals surface area (Å²) in [4.78, 5) is 39.9. The highest BCUT2D eigenvalue weighted by molar-refractivity contribution is 6.11. The molecule has 1 aromatic carbocycles. The molecule has 31 heavy (non-hydrogen) atoms. The van der Waals surface area contributed by atoms with Gasteiger partial charge in [-0.05, 0) is 51.0 Å². The molecule has 8 heteroatoms. The number of carbonyl (C=O) groups excluding carboxylic acids is 3. The van der Waals surface area contributed by atoms with Crippen LogP contribution in [0.15, 0.2) is 24.3 Å². The molecule has 1 N–H and O–H groups in total. The third-order valence-electron chi connectivity index (χ3n) is 6.02. The lowest BCUT2D eigenvalue weighted by molar-refractivity contribution is -0.130. The second kappa shape index (κ2) is 7.76. The summed E-state index contributed by atoms with van der Waals surface area (Å²) < 4.78 is 13.2. The predicted octanol–water partition coefficient (Wildman–Crippen LogP) is 2.94. The Morgan fingerprint density at radius 1 is 1.13 bits per heavy atom. The number of hydrogen-bond donors (Lipinski definition) is 1. The zero-order valence-electron chi connectivity index (χ0n) is 18.3. The molecule has 8 nitrogen and oxygen atoms in total. The minimum absolute atomic E-state index is 0.259. The first-order valence-electron chi connectivity index (χ1n) is 10.5. The van der Waals surface area contributed by atoms with Gasteiger partial charge in [-0.2, -0.15) is 0 Å². The molecule has 1 saturated heterocycles. The molecule has 2 aliphatic rings. The number of nitrogens with zero attached hydrogens (tertiary/aromatic N) is 2. The first-order chi connectivity index (χ1) is 14.8. The van der Waals surface area contributed by atoms with Crippen molar-refractivity contribution < 1.29 is 23.9 Å². The number of benzene rings is 1. The van der Waals surface area contributed by atoms with Crippen molar-refractivity contribution in [2.75, 3.05) is 19.8 Å². The van der Waals surface area contributed by atoms with Crippen LogP contribution in [0.25, 0.3) is 0 Å². The van der Waals surface area contributed by atoms with Crippen molar-refractivity contribution in [3.8, 4) is 11.5 Å². The lowest BCUT2D eigenvalue weighted by Gasteiger charge is -2.25. The molecule has 1 aromatic heterocycles. The molecule has 0 radical (unpaired) electrons. The van der Waals surface area contributed by atoms with Crippen molar-refractivity contribution in [3.05, 3.63) is 46.8 Å². The van der Waals surface area contributed by atoms with Crippen LogP contribution >= 0.6 is 0 Å². The SMILES string of the molecule is CCCn1c(C)cc(C(=O)CN2C(=O)N[C@@](C)(c3ccc4c(c3)OCCO4)C2=O)c1C. The molecule has 2 aliphatic heterocycles. The second-order valence-electron chi connectivity index (χ2n) is 8.16. The van der Waals surface area contributed by atoms with Crippen LogP contribution in [0.2, 0.25) is 0 Å². The quantitative estimate of drug-likeness (QED) is 0.568. The Hall–Kier alpha value is -3.29. The fraction of sp³-hybridized carbons (Fsp3) is 0.435. The van der Waals surface area contributed by atoms with E-state index in [2.05, 4.69) is 16.8 Å². The first kappa shape index (κ1) is 21.0. The summed E-state index contributed by atoms with van der Waals surface area (Å²) in [5.74, 6) is 0.407. The number of ketones is 1. The third-order valence-corrected chi connectivity index (χ3v) is 6.02. The van der Waals surface area contributed by atoms with Crippen LogP contribution in [0.3, 0.4) is 0 Å². The number of carbonyl (C=O) groups is 3. The summed E-state index contributed by atoms with van der Waals surface area (Å²) in [5, 5.41) is 2.75. The molecule has 0 aliphatic carbocycles. The van der Waals surface area contributed by atoms with Gasteiger partial charge >= 0.3 is 6.03 Å². The minimum Gasteiger partial charge on any atom is -0.486 e. The van der Waals surface area contributed by atoms with Crippen molar-refractivity contribution in [1.82, 2.24) is 14.8 Å². The number of urea groups is 1. The lowest BCUT2D eigenvalue weighted by Crippen LogP contribution is -2.41. The monoisotopic (exact) mass is 425 g/mol. The minimum atomic E-state index is -1.29. The number of aryl methyl sites for hydroxylation is 1. The molecule has 2 aromatic rings. The highest BCUT2D eigenvalue weighted by Gasteiger charge is 2.50. The Bertz CT molecular complexity index is 1070. The zero-order chi connectivity index (χ0) is 22.3. The Balaban J connectivity index is 1.57. The van der Waals surface area contributed by atoms with Crippen LogP contribution in [0.5, 0.6) is 11.5 Å². The fourth-order valence-corrected chi connectivity index (χ4v) is 4.27. The van der Waals surface area contributed by atoms with Crippen molar-refractivity contribution in [2.24, 2.45) is 0 Å². The average Bonchev–Trinajstić information content (AvgIpc) is 3.16. The van der Waals surface area contributed by atoms with E-state index in [0.717, 1.165) is 29.3 Å². The van der Waals surface area contributed by atoms with Gasteiger partial charge < -0.3 is 19.4 Å². The van der Waals surface area contributed by atoms with Crippen molar-refractivity contribution >= 4 is 17.7 Å². The summed E-state index contributed by atoms with van der Waals surface area (Å²) in [6, 6.07) is 6.40. The van der Waals surface area contributed by atoms with E-state index < -0.39 is 17.5 Å². The number of hydrogen-bond acceptors (Lipinski definition) is 5. The number of ether oxygens (including phenoxy) is 2. The van der Waals surface area contributed by atoms with Gasteiger partial charge in [0.05, 0.1) is 6.54 Å². The average molecular weight is 425 g/mol. The Labute approximate surface area is 181 Å². The Kier molecular flexibility index (Phi) is 5.24. The maximum atomic E-state index is 13.2. The van der Waals surface area contributed by atoms with Gasteiger partial charge in [-0.3, -0.25) is 14.5 Å². The third kappa shape index (κ3) is 3.45. The highest BCUT2D eigenvalue weighted by atomic mass is 16.6. The number of fused-ring (bicyclic) bond motifs is 1. The maximum Gasteiger partial charge on any atom is 0.325 e. The van der Waals surface area contributed by atoms with Gasteiger partial charge in [0.2, 0.25) is 0 Å². The number of rotatable bonds is 6. The Morgan fingerprint density at radius 2 is 1.84 bits per heavy atom. The van der Waals surface area contributed by atoms with E-state index in [-0.39, 0.29) is 12.3 Å². The predicted molar refractivity (Wildman–Crippen MR) is 114 cm³/mol. The molecule has 3 heterocycles. The topological polar surface area (TPSA) is 89.9 Å². The molecule has 1 atom stereocenters. The summed E-state index contributed by atoms with van der Waals surface area (Å²) in [6.45, 7) is 8.95. The van der Waals surface area contributed by atoms with Crippen LogP contribution < -0.4 is 14.8 Å². The van der Waals surface area contributed by atoms with E-state index in [4.69, 9.17) is 9.47 Å². The maximum absolute atomic E-state index is 13.2. The molecule has 0 unspecified atom stereocenters. The second-order valence-corrected chi connectivity index (χ2v) is 8.16. The van der Waals surface area contributed by atoms with E-state index in [1.165, 1.54) is 0 Å². The molecular weight excluding hydrogens is 398 g/mol. The number of aromatic nitrogens is 1. The summed E-state index contributed by atoms with van der Waals surface area (Å²) in [7, 11) is 0. The normalized spacial score (nSPS) is 20.2. The molecular formula is C23H27N3O5. The number of nitrogens with one attached hydrogen (secondary N) is 1. The van der Waals surface area contributed by atoms with Crippen LogP contribution in [0.1, 0.15) is 47.6 Å². The number of amides is 3. The number of imide groups is 1. The van der Waals surface area contributed by atoms with Gasteiger partial charge in [-0.1, -0.05) is 13.0 Å². The highest BCUT2D eigenvalue weighted by Crippen LogP contribution is 2.37. The van der Waals surface area contributed by atoms with Crippen molar-refractivity contribution in [3.63, 3.8) is 0 Å². The van der Waals surface area contributed by atoms with Gasteiger partial charge in [0.25, 0.3) is 5.91 Å². The van der Waals surface area contributed by atoms with Gasteiger partial charge in [-0.15, -0.1) is 0 Å². The van der Waals surface area contributed by atoms with E-state index >= 15 is 0 Å². The molecule has 1 fully saturated rings. The summed E-state index contributed by atoms with van der Waals surface area (Å²) >= 11 is 0. The van der Waals surface area contributed by atoms with Gasteiger partial charge in [-0.25, -0.2) is 4.79 Å². The fourth-order valence-electron chi connectivity index (χ4n) is 4.27. The lowest BCUT2D eigenvalue weighted by atomic mass is 9.91. The molecule has 3 amide bonds. The van der Waals surface area contributed by atoms with Crippen LogP contribution in [0, 0.1) is 13.8 Å². The van der Waals surface area contributed by atoms with Gasteiger partial charge in [0, 0.05) is 23.5 Å². The molecule has 4 rings (SSSR count). The smallest absolute Gasteiger partial charge is 0.325 e. The van der Waals surface area contributed by atoms with Gasteiger partial charge in [0.15, 0.2) is 17.3 Å².